The number of amides is 1. The number of halogens is 4. The molecule has 3 aromatic rings. The summed E-state index contributed by atoms with van der Waals surface area (Å²) in [5, 5.41) is 4.34. The third-order valence-electron chi connectivity index (χ3n) is 8.72. The molecule has 1 N–H and O–H groups in total. The third kappa shape index (κ3) is 4.98. The predicted molar refractivity (Wildman–Crippen MR) is 152 cm³/mol. The number of rotatable bonds is 9. The van der Waals surface area contributed by atoms with E-state index in [-0.39, 0.29) is 36.0 Å². The first-order chi connectivity index (χ1) is 20.0. The Kier molecular flexibility index (Phi) is 6.80. The first-order valence-corrected chi connectivity index (χ1v) is 16.2. The van der Waals surface area contributed by atoms with Crippen LogP contribution in [0, 0.1) is 11.7 Å². The van der Waals surface area contributed by atoms with Crippen molar-refractivity contribution in [3.63, 3.8) is 0 Å². The molecule has 1 aliphatic heterocycles. The summed E-state index contributed by atoms with van der Waals surface area (Å²) in [6.07, 6.45) is 3.01. The summed E-state index contributed by atoms with van der Waals surface area (Å²) in [6, 6.07) is 9.13. The number of anilines is 1. The second-order valence-corrected chi connectivity index (χ2v) is 14.4. The monoisotopic (exact) mass is 637 g/mol. The highest BCUT2D eigenvalue weighted by Gasteiger charge is 2.52. The molecule has 2 aromatic carbocycles. The van der Waals surface area contributed by atoms with E-state index in [4.69, 9.17) is 32.5 Å². The van der Waals surface area contributed by atoms with E-state index >= 15 is 8.78 Å². The Morgan fingerprint density at radius 1 is 1.17 bits per heavy atom. The minimum Gasteiger partial charge on any atom is -0.373 e. The number of aromatic nitrogens is 1. The summed E-state index contributed by atoms with van der Waals surface area (Å²) in [5.74, 6) is -1.17. The molecule has 13 heteroatoms. The van der Waals surface area contributed by atoms with Crippen LogP contribution in [-0.4, -0.2) is 43.4 Å². The van der Waals surface area contributed by atoms with Crippen molar-refractivity contribution in [3.05, 3.63) is 69.1 Å². The second-order valence-electron chi connectivity index (χ2n) is 11.6. The van der Waals surface area contributed by atoms with Crippen molar-refractivity contribution in [2.24, 2.45) is 5.92 Å². The van der Waals surface area contributed by atoms with E-state index in [1.165, 1.54) is 12.1 Å². The number of hydrogen-bond acceptors (Lipinski definition) is 7. The normalized spacial score (nSPS) is 24.3. The summed E-state index contributed by atoms with van der Waals surface area (Å²) < 4.78 is 68.4. The van der Waals surface area contributed by atoms with Crippen LogP contribution in [0.3, 0.4) is 0 Å². The van der Waals surface area contributed by atoms with E-state index in [9.17, 15) is 13.2 Å². The Labute approximate surface area is 251 Å². The number of alkyl halides is 1. The van der Waals surface area contributed by atoms with Gasteiger partial charge in [-0.3, -0.25) is 4.79 Å². The van der Waals surface area contributed by atoms with Crippen molar-refractivity contribution in [1.29, 1.82) is 0 Å². The number of fused-ring (bicyclic) bond motifs is 2. The van der Waals surface area contributed by atoms with Crippen LogP contribution < -0.4 is 9.62 Å². The van der Waals surface area contributed by atoms with Gasteiger partial charge < -0.3 is 14.2 Å². The third-order valence-corrected chi connectivity index (χ3v) is 11.2. The van der Waals surface area contributed by atoms with Crippen molar-refractivity contribution >= 4 is 44.8 Å². The van der Waals surface area contributed by atoms with Crippen molar-refractivity contribution < 1.29 is 31.3 Å². The molecule has 3 atom stereocenters. The lowest BCUT2D eigenvalue weighted by Gasteiger charge is -2.33. The quantitative estimate of drug-likeness (QED) is 0.300. The van der Waals surface area contributed by atoms with Crippen molar-refractivity contribution in [1.82, 2.24) is 9.88 Å². The summed E-state index contributed by atoms with van der Waals surface area (Å²) in [5.41, 5.74) is 0.0550. The zero-order valence-corrected chi connectivity index (χ0v) is 24.6. The molecule has 0 radical (unpaired) electrons. The van der Waals surface area contributed by atoms with Gasteiger partial charge in [-0.15, -0.1) is 0 Å². The van der Waals surface area contributed by atoms with Crippen LogP contribution in [0.2, 0.25) is 10.0 Å². The number of ether oxygens (including phenoxy) is 1. The Morgan fingerprint density at radius 3 is 2.52 bits per heavy atom. The Balaban J connectivity index is 1.04. The zero-order valence-electron chi connectivity index (χ0n) is 22.3. The molecule has 4 aliphatic rings. The maximum Gasteiger partial charge on any atom is 0.264 e. The average molecular weight is 639 g/mol. The van der Waals surface area contributed by atoms with Crippen LogP contribution in [-0.2, 0) is 27.0 Å². The van der Waals surface area contributed by atoms with Gasteiger partial charge >= 0.3 is 0 Å². The largest absolute Gasteiger partial charge is 0.373 e. The Morgan fingerprint density at radius 2 is 1.90 bits per heavy atom. The molecular formula is C29H27Cl2F2N3O5S. The maximum absolute atomic E-state index is 15.2. The summed E-state index contributed by atoms with van der Waals surface area (Å²) in [6.45, 7) is 0.609. The van der Waals surface area contributed by atoms with Crippen LogP contribution in [0.5, 0.6) is 0 Å². The fourth-order valence-electron chi connectivity index (χ4n) is 6.18. The van der Waals surface area contributed by atoms with E-state index in [1.807, 2.05) is 9.62 Å². The molecule has 222 valence electrons. The van der Waals surface area contributed by atoms with Crippen molar-refractivity contribution in [3.8, 4) is 11.3 Å². The first-order valence-electron chi connectivity index (χ1n) is 13.9. The van der Waals surface area contributed by atoms with Gasteiger partial charge in [-0.05, 0) is 68.9 Å². The molecule has 1 amide bonds. The molecule has 0 spiro atoms. The van der Waals surface area contributed by atoms with Gasteiger partial charge in [0.05, 0.1) is 39.3 Å². The summed E-state index contributed by atoms with van der Waals surface area (Å²) in [4.78, 5) is 14.4. The van der Waals surface area contributed by atoms with Crippen molar-refractivity contribution in [2.75, 3.05) is 11.4 Å². The van der Waals surface area contributed by atoms with E-state index in [2.05, 4.69) is 5.16 Å². The van der Waals surface area contributed by atoms with E-state index in [0.29, 0.717) is 71.2 Å². The fourth-order valence-corrected chi connectivity index (χ4v) is 8.06. The lowest BCUT2D eigenvalue weighted by atomic mass is 10.0. The lowest BCUT2D eigenvalue weighted by molar-refractivity contribution is 0.0113. The van der Waals surface area contributed by atoms with Crippen LogP contribution in [0.1, 0.15) is 60.2 Å². The number of carbonyl (C=O) groups is 1. The lowest BCUT2D eigenvalue weighted by Crippen LogP contribution is -2.39. The van der Waals surface area contributed by atoms with Crippen molar-refractivity contribution in [2.45, 2.75) is 68.2 Å². The number of carbonyl (C=O) groups excluding carboxylic acids is 1. The van der Waals surface area contributed by atoms with Crippen LogP contribution in [0.25, 0.3) is 11.3 Å². The molecular weight excluding hydrogens is 611 g/mol. The molecule has 8 nitrogen and oxygen atoms in total. The number of benzene rings is 2. The van der Waals surface area contributed by atoms with Gasteiger partial charge in [0, 0.05) is 29.6 Å². The van der Waals surface area contributed by atoms with Gasteiger partial charge in [0.15, 0.2) is 11.4 Å². The van der Waals surface area contributed by atoms with Gasteiger partial charge in [0.2, 0.25) is 10.0 Å². The molecule has 2 heterocycles. The molecule has 4 fully saturated rings. The molecule has 3 aliphatic carbocycles. The SMILES string of the molecule is O=C(NS(=O)(=O)C1CC1)c1ccc(N2C[C@@H]3C[C@H]2C[C@H]3OCc2c(-c3c(Cl)cccc3Cl)noc2C2(F)CC2)c(F)c1. The molecule has 1 saturated heterocycles. The number of nitrogens with one attached hydrogen (secondary N) is 1. The van der Waals surface area contributed by atoms with E-state index in [1.54, 1.807) is 18.2 Å². The first kappa shape index (κ1) is 28.1. The number of sulfonamides is 1. The van der Waals surface area contributed by atoms with Crippen LogP contribution >= 0.6 is 23.2 Å². The summed E-state index contributed by atoms with van der Waals surface area (Å²) >= 11 is 12.9. The molecule has 3 saturated carbocycles. The van der Waals surface area contributed by atoms with Gasteiger partial charge in [-0.1, -0.05) is 34.4 Å². The van der Waals surface area contributed by atoms with Gasteiger partial charge in [-0.2, -0.15) is 0 Å². The highest BCUT2D eigenvalue weighted by Crippen LogP contribution is 2.53. The smallest absolute Gasteiger partial charge is 0.264 e. The molecule has 2 bridgehead atoms. The zero-order chi connectivity index (χ0) is 29.4. The fraction of sp³-hybridized carbons (Fsp3) is 0.448. The number of nitrogens with zero attached hydrogens (tertiary/aromatic N) is 2. The minimum absolute atomic E-state index is 0.0137. The maximum atomic E-state index is 15.2. The Hall–Kier alpha value is -2.73. The van der Waals surface area contributed by atoms with Gasteiger partial charge in [-0.25, -0.2) is 21.9 Å². The Bertz CT molecular complexity index is 1670. The average Bonchev–Trinajstić information content (AvgIpc) is 3.81. The number of hydrogen-bond donors (Lipinski definition) is 1. The van der Waals surface area contributed by atoms with Gasteiger partial charge in [0.1, 0.15) is 11.5 Å². The second kappa shape index (κ2) is 10.2. The molecule has 1 aromatic heterocycles. The van der Waals surface area contributed by atoms with Gasteiger partial charge in [0.25, 0.3) is 5.91 Å². The predicted octanol–water partition coefficient (Wildman–Crippen LogP) is 6.15. The van der Waals surface area contributed by atoms with Crippen LogP contribution in [0.15, 0.2) is 40.9 Å². The topological polar surface area (TPSA) is 102 Å². The minimum atomic E-state index is -3.73. The van der Waals surface area contributed by atoms with E-state index < -0.39 is 32.7 Å². The van der Waals surface area contributed by atoms with E-state index in [0.717, 1.165) is 12.5 Å². The standard InChI is InChI=1S/C29H27Cl2F2N3O5S/c30-20-2-1-3-21(31)25(20)26-19(27(41-34-26)29(33)8-9-29)14-40-24-12-17-10-16(24)13-36(17)23-7-4-15(11-22(23)32)28(37)35-42(38,39)18-5-6-18/h1-4,7,11,16-18,24H,5-6,8-10,12-14H2,(H,35,37)/t16-,17-,24+/m0/s1. The number of piperidine rings is 1. The van der Waals surface area contributed by atoms with Crippen LogP contribution in [0.4, 0.5) is 14.5 Å². The molecule has 0 unspecified atom stereocenters. The highest BCUT2D eigenvalue weighted by atomic mass is 35.5. The molecule has 7 rings (SSSR count). The highest BCUT2D eigenvalue weighted by molar-refractivity contribution is 7.91. The molecule has 42 heavy (non-hydrogen) atoms. The summed E-state index contributed by atoms with van der Waals surface area (Å²) in [7, 11) is -3.73.